The van der Waals surface area contributed by atoms with E-state index in [-0.39, 0.29) is 0 Å². The van der Waals surface area contributed by atoms with Gasteiger partial charge in [0, 0.05) is 12.7 Å². The molecule has 0 fully saturated rings. The highest BCUT2D eigenvalue weighted by Gasteiger charge is 2.03. The lowest BCUT2D eigenvalue weighted by Crippen LogP contribution is -1.97. The summed E-state index contributed by atoms with van der Waals surface area (Å²) in [5.74, 6) is 0. The van der Waals surface area contributed by atoms with Crippen LogP contribution in [-0.4, -0.2) is 14.5 Å². The van der Waals surface area contributed by atoms with Crippen molar-refractivity contribution in [3.8, 4) is 11.1 Å². The quantitative estimate of drug-likeness (QED) is 0.566. The fourth-order valence-electron chi connectivity index (χ4n) is 2.66. The highest BCUT2D eigenvalue weighted by Crippen LogP contribution is 2.20. The van der Waals surface area contributed by atoms with Crippen molar-refractivity contribution in [1.82, 2.24) is 14.5 Å². The van der Waals surface area contributed by atoms with Crippen LogP contribution in [0.4, 0.5) is 0 Å². The zero-order chi connectivity index (χ0) is 14.8. The second kappa shape index (κ2) is 5.45. The van der Waals surface area contributed by atoms with Crippen LogP contribution in [0.25, 0.3) is 22.2 Å². The van der Waals surface area contributed by atoms with Crippen molar-refractivity contribution >= 4 is 11.0 Å². The number of rotatable bonds is 3. The van der Waals surface area contributed by atoms with Gasteiger partial charge in [0.05, 0.1) is 23.6 Å². The molecule has 0 N–H and O–H groups in total. The lowest BCUT2D eigenvalue weighted by atomic mass is 10.0. The molecule has 0 atom stereocenters. The molecule has 4 aromatic rings. The summed E-state index contributed by atoms with van der Waals surface area (Å²) in [4.78, 5) is 8.58. The van der Waals surface area contributed by atoms with Gasteiger partial charge in [-0.1, -0.05) is 54.6 Å². The number of pyridine rings is 1. The molecule has 0 aliphatic heterocycles. The lowest BCUT2D eigenvalue weighted by Gasteiger charge is -2.06. The summed E-state index contributed by atoms with van der Waals surface area (Å²) in [7, 11) is 0. The van der Waals surface area contributed by atoms with Gasteiger partial charge in [0.1, 0.15) is 0 Å². The van der Waals surface area contributed by atoms with Gasteiger partial charge < -0.3 is 4.57 Å². The molecular weight excluding hydrogens is 270 g/mol. The molecule has 0 amide bonds. The molecule has 0 unspecified atom stereocenters. The summed E-state index contributed by atoms with van der Waals surface area (Å²) in [6.07, 6.45) is 5.51. The van der Waals surface area contributed by atoms with Crippen LogP contribution in [0.1, 0.15) is 5.56 Å². The van der Waals surface area contributed by atoms with Crippen molar-refractivity contribution < 1.29 is 0 Å². The summed E-state index contributed by atoms with van der Waals surface area (Å²) < 4.78 is 2.12. The Balaban J connectivity index is 1.61. The van der Waals surface area contributed by atoms with Crippen LogP contribution in [0.15, 0.2) is 79.4 Å². The summed E-state index contributed by atoms with van der Waals surface area (Å²) >= 11 is 0. The van der Waals surface area contributed by atoms with E-state index in [0.29, 0.717) is 0 Å². The van der Waals surface area contributed by atoms with Crippen LogP contribution in [-0.2, 0) is 6.54 Å². The van der Waals surface area contributed by atoms with Gasteiger partial charge >= 0.3 is 0 Å². The van der Waals surface area contributed by atoms with E-state index in [0.717, 1.165) is 17.6 Å². The Hall–Kier alpha value is -2.94. The monoisotopic (exact) mass is 285 g/mol. The van der Waals surface area contributed by atoms with Crippen molar-refractivity contribution in [3.63, 3.8) is 0 Å². The number of aromatic nitrogens is 3. The Bertz CT molecular complexity index is 893. The molecule has 0 bridgehead atoms. The molecule has 22 heavy (non-hydrogen) atoms. The highest BCUT2D eigenvalue weighted by atomic mass is 15.0. The van der Waals surface area contributed by atoms with Crippen LogP contribution in [0.3, 0.4) is 0 Å². The van der Waals surface area contributed by atoms with Gasteiger partial charge in [-0.2, -0.15) is 0 Å². The molecule has 3 heteroatoms. The Morgan fingerprint density at radius 2 is 1.59 bits per heavy atom. The standard InChI is InChI=1S/C19H15N3/c1-2-4-16(5-3-1)17-8-6-15(7-9-17)13-22-14-21-18-10-11-20-12-19(18)22/h1-12,14H,13H2. The Morgan fingerprint density at radius 3 is 2.41 bits per heavy atom. The maximum atomic E-state index is 4.40. The molecule has 2 heterocycles. The summed E-state index contributed by atoms with van der Waals surface area (Å²) in [6.45, 7) is 0.803. The number of hydrogen-bond acceptors (Lipinski definition) is 2. The van der Waals surface area contributed by atoms with Crippen LogP contribution < -0.4 is 0 Å². The first-order valence-corrected chi connectivity index (χ1v) is 7.29. The Morgan fingerprint density at radius 1 is 0.818 bits per heavy atom. The number of imidazole rings is 1. The first kappa shape index (κ1) is 12.8. The second-order valence-corrected chi connectivity index (χ2v) is 5.30. The van der Waals surface area contributed by atoms with Gasteiger partial charge in [-0.05, 0) is 22.8 Å². The third kappa shape index (κ3) is 2.37. The minimum atomic E-state index is 0.803. The van der Waals surface area contributed by atoms with Gasteiger partial charge in [-0.15, -0.1) is 0 Å². The molecular formula is C19H15N3. The highest BCUT2D eigenvalue weighted by molar-refractivity contribution is 5.73. The second-order valence-electron chi connectivity index (χ2n) is 5.30. The predicted octanol–water partition coefficient (Wildman–Crippen LogP) is 4.15. The molecule has 3 nitrogen and oxygen atoms in total. The van der Waals surface area contributed by atoms with E-state index in [1.807, 2.05) is 24.7 Å². The molecule has 2 aromatic carbocycles. The maximum absolute atomic E-state index is 4.40. The molecule has 2 aromatic heterocycles. The lowest BCUT2D eigenvalue weighted by molar-refractivity contribution is 0.823. The fraction of sp³-hybridized carbons (Fsp3) is 0.0526. The van der Waals surface area contributed by atoms with Crippen molar-refractivity contribution in [3.05, 3.63) is 84.9 Å². The SMILES string of the molecule is c1ccc(-c2ccc(Cn3cnc4ccncc43)cc2)cc1. The van der Waals surface area contributed by atoms with E-state index in [4.69, 9.17) is 0 Å². The molecule has 106 valence electrons. The number of benzene rings is 2. The Labute approximate surface area is 128 Å². The number of hydrogen-bond donors (Lipinski definition) is 0. The molecule has 0 aliphatic rings. The molecule has 0 radical (unpaired) electrons. The van der Waals surface area contributed by atoms with Crippen LogP contribution in [0, 0.1) is 0 Å². The minimum absolute atomic E-state index is 0.803. The number of fused-ring (bicyclic) bond motifs is 1. The van der Waals surface area contributed by atoms with Crippen molar-refractivity contribution in [2.75, 3.05) is 0 Å². The summed E-state index contributed by atoms with van der Waals surface area (Å²) in [5.41, 5.74) is 5.78. The van der Waals surface area contributed by atoms with Crippen molar-refractivity contribution in [2.45, 2.75) is 6.54 Å². The molecule has 4 rings (SSSR count). The topological polar surface area (TPSA) is 30.7 Å². The Kier molecular flexibility index (Phi) is 3.16. The third-order valence-corrected chi connectivity index (χ3v) is 3.84. The van der Waals surface area contributed by atoms with E-state index < -0.39 is 0 Å². The van der Waals surface area contributed by atoms with Crippen LogP contribution in [0.2, 0.25) is 0 Å². The van der Waals surface area contributed by atoms with Crippen LogP contribution in [0.5, 0.6) is 0 Å². The largest absolute Gasteiger partial charge is 0.325 e. The van der Waals surface area contributed by atoms with Crippen molar-refractivity contribution in [2.24, 2.45) is 0 Å². The maximum Gasteiger partial charge on any atom is 0.0961 e. The van der Waals surface area contributed by atoms with Gasteiger partial charge in [-0.3, -0.25) is 4.98 Å². The molecule has 0 saturated heterocycles. The van der Waals surface area contributed by atoms with Crippen LogP contribution >= 0.6 is 0 Å². The van der Waals surface area contributed by atoms with E-state index in [2.05, 4.69) is 63.1 Å². The normalized spacial score (nSPS) is 10.9. The first-order valence-electron chi connectivity index (χ1n) is 7.29. The average molecular weight is 285 g/mol. The number of nitrogens with zero attached hydrogens (tertiary/aromatic N) is 3. The zero-order valence-electron chi connectivity index (χ0n) is 12.1. The minimum Gasteiger partial charge on any atom is -0.325 e. The van der Waals surface area contributed by atoms with E-state index >= 15 is 0 Å². The molecule has 0 saturated carbocycles. The zero-order valence-corrected chi connectivity index (χ0v) is 12.1. The molecule has 0 spiro atoms. The van der Waals surface area contributed by atoms with Gasteiger partial charge in [0.15, 0.2) is 0 Å². The van der Waals surface area contributed by atoms with Gasteiger partial charge in [0.25, 0.3) is 0 Å². The van der Waals surface area contributed by atoms with E-state index in [9.17, 15) is 0 Å². The van der Waals surface area contributed by atoms with Gasteiger partial charge in [0.2, 0.25) is 0 Å². The summed E-state index contributed by atoms with van der Waals surface area (Å²) in [5, 5.41) is 0. The predicted molar refractivity (Wildman–Crippen MR) is 88.5 cm³/mol. The van der Waals surface area contributed by atoms with Crippen molar-refractivity contribution in [1.29, 1.82) is 0 Å². The third-order valence-electron chi connectivity index (χ3n) is 3.84. The summed E-state index contributed by atoms with van der Waals surface area (Å²) in [6, 6.07) is 21.0. The fourth-order valence-corrected chi connectivity index (χ4v) is 2.66. The average Bonchev–Trinajstić information content (AvgIpc) is 3.00. The smallest absolute Gasteiger partial charge is 0.0961 e. The van der Waals surface area contributed by atoms with E-state index in [1.165, 1.54) is 16.7 Å². The van der Waals surface area contributed by atoms with Gasteiger partial charge in [-0.25, -0.2) is 4.98 Å². The van der Waals surface area contributed by atoms with E-state index in [1.54, 1.807) is 6.20 Å². The first-order chi connectivity index (χ1) is 10.9. The molecule has 0 aliphatic carbocycles.